The van der Waals surface area contributed by atoms with Crippen LogP contribution in [0.25, 0.3) is 0 Å². The van der Waals surface area contributed by atoms with Gasteiger partial charge in [-0.2, -0.15) is 0 Å². The Balaban J connectivity index is 1.31. The largest absolute Gasteiger partial charge is 0.364 e. The molecule has 114 valence electrons. The van der Waals surface area contributed by atoms with Gasteiger partial charge in [0.15, 0.2) is 0 Å². The first-order chi connectivity index (χ1) is 10.2. The van der Waals surface area contributed by atoms with Gasteiger partial charge in [0.2, 0.25) is 5.91 Å². The minimum Gasteiger partial charge on any atom is -0.364 e. The van der Waals surface area contributed by atoms with Crippen LogP contribution in [0.2, 0.25) is 0 Å². The van der Waals surface area contributed by atoms with E-state index in [0.717, 1.165) is 62.0 Å². The predicted octanol–water partition coefficient (Wildman–Crippen LogP) is 2.94. The number of nitrogens with zero attached hydrogens (tertiary/aromatic N) is 1. The van der Waals surface area contributed by atoms with Crippen molar-refractivity contribution in [2.24, 2.45) is 23.2 Å². The number of nitrogens with one attached hydrogen (secondary N) is 1. The lowest BCUT2D eigenvalue weighted by molar-refractivity contribution is -0.146. The molecule has 0 aliphatic heterocycles. The van der Waals surface area contributed by atoms with Crippen LogP contribution in [-0.4, -0.2) is 17.6 Å². The standard InChI is InChI=1S/C17H24N2O2/c20-16(18-3-1-2-12-10-19-21-11-12)17-7-13-4-14(8-17)6-15(5-13)9-17/h10-11,13-15H,1-9H2,(H,18,20). The molecule has 5 rings (SSSR count). The van der Waals surface area contributed by atoms with E-state index in [4.69, 9.17) is 4.52 Å². The molecule has 4 bridgehead atoms. The Labute approximate surface area is 125 Å². The summed E-state index contributed by atoms with van der Waals surface area (Å²) in [5.41, 5.74) is 1.10. The summed E-state index contributed by atoms with van der Waals surface area (Å²) in [4.78, 5) is 12.7. The van der Waals surface area contributed by atoms with E-state index >= 15 is 0 Å². The van der Waals surface area contributed by atoms with Gasteiger partial charge in [-0.1, -0.05) is 5.16 Å². The molecule has 4 fully saturated rings. The maximum Gasteiger partial charge on any atom is 0.226 e. The third-order valence-corrected chi connectivity index (χ3v) is 5.93. The average molecular weight is 288 g/mol. The highest BCUT2D eigenvalue weighted by Gasteiger charge is 2.54. The van der Waals surface area contributed by atoms with E-state index in [1.165, 1.54) is 19.3 Å². The van der Waals surface area contributed by atoms with Crippen molar-refractivity contribution < 1.29 is 9.32 Å². The van der Waals surface area contributed by atoms with Crippen LogP contribution in [0.15, 0.2) is 17.0 Å². The lowest BCUT2D eigenvalue weighted by Crippen LogP contribution is -2.53. The van der Waals surface area contributed by atoms with Gasteiger partial charge in [0.1, 0.15) is 6.26 Å². The Bertz CT molecular complexity index is 474. The van der Waals surface area contributed by atoms with Crippen LogP contribution >= 0.6 is 0 Å². The van der Waals surface area contributed by atoms with Crippen LogP contribution < -0.4 is 5.32 Å². The summed E-state index contributed by atoms with van der Waals surface area (Å²) in [6.07, 6.45) is 12.9. The molecule has 0 aromatic carbocycles. The molecule has 0 atom stereocenters. The minimum atomic E-state index is -0.00799. The fraction of sp³-hybridized carbons (Fsp3) is 0.765. The van der Waals surface area contributed by atoms with E-state index in [1.54, 1.807) is 12.5 Å². The zero-order valence-electron chi connectivity index (χ0n) is 12.5. The number of aromatic nitrogens is 1. The Hall–Kier alpha value is -1.32. The summed E-state index contributed by atoms with van der Waals surface area (Å²) < 4.78 is 4.82. The van der Waals surface area contributed by atoms with Crippen molar-refractivity contribution in [3.63, 3.8) is 0 Å². The van der Waals surface area contributed by atoms with Gasteiger partial charge in [-0.15, -0.1) is 0 Å². The van der Waals surface area contributed by atoms with Crippen LogP contribution in [0.4, 0.5) is 0 Å². The second kappa shape index (κ2) is 5.15. The normalized spacial score (nSPS) is 36.9. The highest BCUT2D eigenvalue weighted by Crippen LogP contribution is 2.60. The van der Waals surface area contributed by atoms with Gasteiger partial charge in [0, 0.05) is 17.5 Å². The van der Waals surface area contributed by atoms with Crippen molar-refractivity contribution in [3.05, 3.63) is 18.0 Å². The Kier molecular flexibility index (Phi) is 3.27. The smallest absolute Gasteiger partial charge is 0.226 e. The van der Waals surface area contributed by atoms with E-state index in [-0.39, 0.29) is 5.41 Å². The molecule has 0 saturated heterocycles. The predicted molar refractivity (Wildman–Crippen MR) is 78.4 cm³/mol. The minimum absolute atomic E-state index is 0.00799. The van der Waals surface area contributed by atoms with Gasteiger partial charge in [-0.25, -0.2) is 0 Å². The molecule has 1 amide bonds. The fourth-order valence-electron chi connectivity index (χ4n) is 5.42. The van der Waals surface area contributed by atoms with Crippen LogP contribution in [0.3, 0.4) is 0 Å². The number of carbonyl (C=O) groups excluding carboxylic acids is 1. The zero-order chi connectivity index (χ0) is 14.3. The molecule has 4 saturated carbocycles. The van der Waals surface area contributed by atoms with Crippen LogP contribution in [0.1, 0.15) is 50.5 Å². The Morgan fingerprint density at radius 3 is 2.48 bits per heavy atom. The third kappa shape index (κ3) is 2.49. The van der Waals surface area contributed by atoms with E-state index in [2.05, 4.69) is 10.5 Å². The SMILES string of the molecule is O=C(NCCCc1cnoc1)C12CC3CC(CC(C3)C1)C2. The van der Waals surface area contributed by atoms with Gasteiger partial charge in [0.05, 0.1) is 6.20 Å². The van der Waals surface area contributed by atoms with Crippen molar-refractivity contribution in [1.82, 2.24) is 10.5 Å². The van der Waals surface area contributed by atoms with Crippen LogP contribution in [-0.2, 0) is 11.2 Å². The van der Waals surface area contributed by atoms with Gasteiger partial charge in [0.25, 0.3) is 0 Å². The van der Waals surface area contributed by atoms with Crippen molar-refractivity contribution in [3.8, 4) is 0 Å². The number of aryl methyl sites for hydroxylation is 1. The maximum absolute atomic E-state index is 12.7. The first kappa shape index (κ1) is 13.4. The zero-order valence-corrected chi connectivity index (χ0v) is 12.5. The van der Waals surface area contributed by atoms with E-state index in [1.807, 2.05) is 0 Å². The molecule has 1 aromatic heterocycles. The van der Waals surface area contributed by atoms with Gasteiger partial charge in [-0.3, -0.25) is 4.79 Å². The number of amides is 1. The van der Waals surface area contributed by atoms with E-state index in [9.17, 15) is 4.79 Å². The van der Waals surface area contributed by atoms with Crippen molar-refractivity contribution >= 4 is 5.91 Å². The summed E-state index contributed by atoms with van der Waals surface area (Å²) in [6, 6.07) is 0. The summed E-state index contributed by atoms with van der Waals surface area (Å²) >= 11 is 0. The molecular formula is C17H24N2O2. The maximum atomic E-state index is 12.7. The molecule has 4 heteroatoms. The van der Waals surface area contributed by atoms with Gasteiger partial charge >= 0.3 is 0 Å². The lowest BCUT2D eigenvalue weighted by atomic mass is 9.49. The first-order valence-corrected chi connectivity index (χ1v) is 8.40. The molecule has 0 radical (unpaired) electrons. The monoisotopic (exact) mass is 288 g/mol. The number of hydrogen-bond acceptors (Lipinski definition) is 3. The molecule has 21 heavy (non-hydrogen) atoms. The molecule has 1 heterocycles. The molecule has 0 unspecified atom stereocenters. The van der Waals surface area contributed by atoms with Crippen LogP contribution in [0, 0.1) is 23.2 Å². The summed E-state index contributed by atoms with van der Waals surface area (Å²) in [7, 11) is 0. The summed E-state index contributed by atoms with van der Waals surface area (Å²) in [6.45, 7) is 0.770. The highest BCUT2D eigenvalue weighted by molar-refractivity contribution is 5.83. The number of rotatable bonds is 5. The topological polar surface area (TPSA) is 55.1 Å². The van der Waals surface area contributed by atoms with Crippen molar-refractivity contribution in [2.75, 3.05) is 6.54 Å². The molecule has 1 N–H and O–H groups in total. The second-order valence-electron chi connectivity index (χ2n) is 7.59. The molecule has 4 nitrogen and oxygen atoms in total. The molecule has 0 spiro atoms. The van der Waals surface area contributed by atoms with Crippen molar-refractivity contribution in [2.45, 2.75) is 51.4 Å². The molecule has 4 aliphatic rings. The van der Waals surface area contributed by atoms with Crippen molar-refractivity contribution in [1.29, 1.82) is 0 Å². The summed E-state index contributed by atoms with van der Waals surface area (Å²) in [5.74, 6) is 2.84. The van der Waals surface area contributed by atoms with Gasteiger partial charge < -0.3 is 9.84 Å². The third-order valence-electron chi connectivity index (χ3n) is 5.93. The van der Waals surface area contributed by atoms with Crippen LogP contribution in [0.5, 0.6) is 0 Å². The van der Waals surface area contributed by atoms with E-state index < -0.39 is 0 Å². The second-order valence-corrected chi connectivity index (χ2v) is 7.59. The molecular weight excluding hydrogens is 264 g/mol. The number of carbonyl (C=O) groups is 1. The van der Waals surface area contributed by atoms with Gasteiger partial charge in [-0.05, 0) is 69.1 Å². The Morgan fingerprint density at radius 2 is 1.90 bits per heavy atom. The molecule has 1 aromatic rings. The molecule has 4 aliphatic carbocycles. The quantitative estimate of drug-likeness (QED) is 0.848. The Morgan fingerprint density at radius 1 is 1.24 bits per heavy atom. The first-order valence-electron chi connectivity index (χ1n) is 8.40. The lowest BCUT2D eigenvalue weighted by Gasteiger charge is -2.55. The average Bonchev–Trinajstić information content (AvgIpc) is 2.95. The highest BCUT2D eigenvalue weighted by atomic mass is 16.5. The summed E-state index contributed by atoms with van der Waals surface area (Å²) in [5, 5.41) is 6.91. The van der Waals surface area contributed by atoms with E-state index in [0.29, 0.717) is 5.91 Å². The fourth-order valence-corrected chi connectivity index (χ4v) is 5.42. The number of hydrogen-bond donors (Lipinski definition) is 1.